The van der Waals surface area contributed by atoms with E-state index in [4.69, 9.17) is 21.3 Å². The molecule has 3 aromatic heterocycles. The van der Waals surface area contributed by atoms with Crippen LogP contribution >= 0.6 is 22.9 Å². The Hall–Kier alpha value is -3.83. The molecule has 0 radical (unpaired) electrons. The van der Waals surface area contributed by atoms with Gasteiger partial charge in [0.05, 0.1) is 18.9 Å². The number of rotatable bonds is 5. The molecule has 1 aromatic carbocycles. The molecule has 4 aromatic rings. The van der Waals surface area contributed by atoms with Gasteiger partial charge in [0.15, 0.2) is 15.6 Å². The third-order valence-electron chi connectivity index (χ3n) is 6.12. The summed E-state index contributed by atoms with van der Waals surface area (Å²) in [5.41, 5.74) is 2.89. The third kappa shape index (κ3) is 5.18. The van der Waals surface area contributed by atoms with Gasteiger partial charge < -0.3 is 14.5 Å². The largest absolute Gasteiger partial charge is 0.496 e. The monoisotopic (exact) mass is 537 g/mol. The van der Waals surface area contributed by atoms with E-state index in [1.165, 1.54) is 17.5 Å². The van der Waals surface area contributed by atoms with Crippen molar-refractivity contribution in [2.24, 2.45) is 0 Å². The molecule has 1 fully saturated rings. The lowest BCUT2D eigenvalue weighted by atomic mass is 9.99. The standard InChI is InChI=1S/C25H24ClN7O3S/c1-14-10-17(18-11-16(26)4-5-20(18)36-3)19(12-27-14)23(35)31-25-30-22-24(37-25)29-21(13-28-22)33-8-6-32(7-9-33)15(2)34/h4-5,10-13H,6-9H2,1-3H3,(H,28,30,31,35). The molecule has 190 valence electrons. The minimum absolute atomic E-state index is 0.0739. The fourth-order valence-electron chi connectivity index (χ4n) is 4.19. The lowest BCUT2D eigenvalue weighted by Gasteiger charge is -2.34. The number of piperazine rings is 1. The molecule has 0 saturated carbocycles. The summed E-state index contributed by atoms with van der Waals surface area (Å²) in [7, 11) is 1.57. The van der Waals surface area contributed by atoms with Crippen LogP contribution in [0, 0.1) is 6.92 Å². The highest BCUT2D eigenvalue weighted by Gasteiger charge is 2.22. The molecule has 0 atom stereocenters. The highest BCUT2D eigenvalue weighted by atomic mass is 35.5. The maximum Gasteiger partial charge on any atom is 0.259 e. The summed E-state index contributed by atoms with van der Waals surface area (Å²) in [6.45, 7) is 6.07. The second-order valence-corrected chi connectivity index (χ2v) is 9.95. The minimum atomic E-state index is -0.371. The number of halogens is 1. The van der Waals surface area contributed by atoms with E-state index in [9.17, 15) is 9.59 Å². The molecule has 1 saturated heterocycles. The van der Waals surface area contributed by atoms with E-state index in [-0.39, 0.29) is 11.8 Å². The van der Waals surface area contributed by atoms with Gasteiger partial charge in [-0.25, -0.2) is 9.97 Å². The summed E-state index contributed by atoms with van der Waals surface area (Å²) in [5, 5.41) is 3.77. The number of nitrogens with zero attached hydrogens (tertiary/aromatic N) is 6. The van der Waals surface area contributed by atoms with Crippen LogP contribution in [-0.4, -0.2) is 69.9 Å². The van der Waals surface area contributed by atoms with E-state index < -0.39 is 0 Å². The Labute approximate surface area is 222 Å². The number of carbonyl (C=O) groups excluding carboxylic acids is 2. The van der Waals surface area contributed by atoms with Crippen molar-refractivity contribution in [3.8, 4) is 16.9 Å². The second-order valence-electron chi connectivity index (χ2n) is 8.54. The smallest absolute Gasteiger partial charge is 0.259 e. The number of hydrogen-bond donors (Lipinski definition) is 1. The van der Waals surface area contributed by atoms with E-state index in [1.807, 2.05) is 17.9 Å². The predicted octanol–water partition coefficient (Wildman–Crippen LogP) is 4.04. The zero-order chi connectivity index (χ0) is 26.1. The van der Waals surface area contributed by atoms with Crippen LogP contribution in [0.4, 0.5) is 10.9 Å². The van der Waals surface area contributed by atoms with Crippen LogP contribution in [0.5, 0.6) is 5.75 Å². The van der Waals surface area contributed by atoms with Gasteiger partial charge in [-0.2, -0.15) is 4.98 Å². The molecule has 0 spiro atoms. The molecule has 1 aliphatic rings. The lowest BCUT2D eigenvalue weighted by molar-refractivity contribution is -0.129. The first kappa shape index (κ1) is 24.8. The molecule has 4 heterocycles. The maximum absolute atomic E-state index is 13.3. The number of ether oxygens (including phenoxy) is 1. The summed E-state index contributed by atoms with van der Waals surface area (Å²) in [4.78, 5) is 47.4. The average molecular weight is 538 g/mol. The van der Waals surface area contributed by atoms with Gasteiger partial charge in [-0.15, -0.1) is 0 Å². The van der Waals surface area contributed by atoms with Crippen molar-refractivity contribution in [2.45, 2.75) is 13.8 Å². The van der Waals surface area contributed by atoms with E-state index in [0.717, 1.165) is 11.5 Å². The van der Waals surface area contributed by atoms with Gasteiger partial charge in [0, 0.05) is 61.1 Å². The molecule has 1 aliphatic heterocycles. The highest BCUT2D eigenvalue weighted by molar-refractivity contribution is 7.21. The summed E-state index contributed by atoms with van der Waals surface area (Å²) >= 11 is 7.49. The average Bonchev–Trinajstić information content (AvgIpc) is 3.30. The summed E-state index contributed by atoms with van der Waals surface area (Å²) in [5.74, 6) is 1.01. The van der Waals surface area contributed by atoms with Gasteiger partial charge in [0.2, 0.25) is 5.91 Å². The number of thiazole rings is 1. The number of carbonyl (C=O) groups is 2. The molecule has 1 N–H and O–H groups in total. The number of pyridine rings is 1. The van der Waals surface area contributed by atoms with Crippen LogP contribution in [0.15, 0.2) is 36.7 Å². The van der Waals surface area contributed by atoms with Gasteiger partial charge in [-0.05, 0) is 31.2 Å². The van der Waals surface area contributed by atoms with Crippen molar-refractivity contribution in [1.82, 2.24) is 24.8 Å². The van der Waals surface area contributed by atoms with E-state index >= 15 is 0 Å². The molecule has 2 amide bonds. The van der Waals surface area contributed by atoms with Crippen LogP contribution in [0.25, 0.3) is 21.6 Å². The minimum Gasteiger partial charge on any atom is -0.496 e. The van der Waals surface area contributed by atoms with Crippen molar-refractivity contribution in [3.63, 3.8) is 0 Å². The van der Waals surface area contributed by atoms with Crippen LogP contribution in [0.2, 0.25) is 5.02 Å². The van der Waals surface area contributed by atoms with Gasteiger partial charge in [0.25, 0.3) is 5.91 Å². The Morgan fingerprint density at radius 3 is 2.57 bits per heavy atom. The number of anilines is 2. The second kappa shape index (κ2) is 10.3. The number of methoxy groups -OCH3 is 1. The molecule has 37 heavy (non-hydrogen) atoms. The maximum atomic E-state index is 13.3. The Bertz CT molecular complexity index is 1500. The van der Waals surface area contributed by atoms with Gasteiger partial charge in [0.1, 0.15) is 11.6 Å². The Morgan fingerprint density at radius 2 is 1.84 bits per heavy atom. The molecule has 0 unspecified atom stereocenters. The molecular formula is C25H24ClN7O3S. The fraction of sp³-hybridized carbons (Fsp3) is 0.280. The van der Waals surface area contributed by atoms with Crippen LogP contribution in [-0.2, 0) is 4.79 Å². The third-order valence-corrected chi connectivity index (χ3v) is 7.21. The first-order valence-electron chi connectivity index (χ1n) is 11.6. The van der Waals surface area contributed by atoms with Crippen molar-refractivity contribution < 1.29 is 14.3 Å². The summed E-state index contributed by atoms with van der Waals surface area (Å²) in [6, 6.07) is 7.08. The summed E-state index contributed by atoms with van der Waals surface area (Å²) < 4.78 is 5.51. The molecule has 10 nitrogen and oxygen atoms in total. The topological polar surface area (TPSA) is 113 Å². The van der Waals surface area contributed by atoms with Gasteiger partial charge >= 0.3 is 0 Å². The van der Waals surface area contributed by atoms with Crippen molar-refractivity contribution in [1.29, 1.82) is 0 Å². The summed E-state index contributed by atoms with van der Waals surface area (Å²) in [6.07, 6.45) is 3.20. The van der Waals surface area contributed by atoms with Crippen LogP contribution in [0.3, 0.4) is 0 Å². The highest BCUT2D eigenvalue weighted by Crippen LogP contribution is 2.35. The molecule has 12 heteroatoms. The number of aromatic nitrogens is 4. The number of amides is 2. The number of aryl methyl sites for hydroxylation is 1. The van der Waals surface area contributed by atoms with E-state index in [0.29, 0.717) is 69.3 Å². The Morgan fingerprint density at radius 1 is 1.05 bits per heavy atom. The Balaban J connectivity index is 1.40. The first-order chi connectivity index (χ1) is 17.8. The van der Waals surface area contributed by atoms with Gasteiger partial charge in [-0.3, -0.25) is 19.9 Å². The van der Waals surface area contributed by atoms with E-state index in [2.05, 4.69) is 25.2 Å². The van der Waals surface area contributed by atoms with Crippen molar-refractivity contribution in [2.75, 3.05) is 43.5 Å². The predicted molar refractivity (Wildman–Crippen MR) is 144 cm³/mol. The zero-order valence-electron chi connectivity index (χ0n) is 20.5. The molecule has 0 aliphatic carbocycles. The first-order valence-corrected chi connectivity index (χ1v) is 12.8. The molecule has 0 bridgehead atoms. The zero-order valence-corrected chi connectivity index (χ0v) is 22.1. The van der Waals surface area contributed by atoms with E-state index in [1.54, 1.807) is 38.4 Å². The van der Waals surface area contributed by atoms with Crippen LogP contribution in [0.1, 0.15) is 23.0 Å². The Kier molecular flexibility index (Phi) is 6.90. The fourth-order valence-corrected chi connectivity index (χ4v) is 5.15. The van der Waals surface area contributed by atoms with Gasteiger partial charge in [-0.1, -0.05) is 22.9 Å². The van der Waals surface area contributed by atoms with Crippen molar-refractivity contribution in [3.05, 3.63) is 52.9 Å². The van der Waals surface area contributed by atoms with Crippen molar-refractivity contribution >= 4 is 56.2 Å². The quantitative estimate of drug-likeness (QED) is 0.406. The van der Waals surface area contributed by atoms with Crippen LogP contribution < -0.4 is 15.0 Å². The number of hydrogen-bond acceptors (Lipinski definition) is 9. The molecular weight excluding hydrogens is 514 g/mol. The number of benzene rings is 1. The number of fused-ring (bicyclic) bond motifs is 1. The SMILES string of the molecule is COc1ccc(Cl)cc1-c1cc(C)ncc1C(=O)Nc1nc2ncc(N3CCN(C(C)=O)CC3)nc2s1. The molecule has 5 rings (SSSR count). The normalized spacial score (nSPS) is 13.6. The lowest BCUT2D eigenvalue weighted by Crippen LogP contribution is -2.48. The number of nitrogens with one attached hydrogen (secondary N) is 1.